The minimum absolute atomic E-state index is 0. The lowest BCUT2D eigenvalue weighted by Gasteiger charge is -2.60. The summed E-state index contributed by atoms with van der Waals surface area (Å²) < 4.78 is 0. The minimum atomic E-state index is 0. The Balaban J connectivity index is 0.00000144. The van der Waals surface area contributed by atoms with E-state index in [4.69, 9.17) is 0 Å². The monoisotopic (exact) mass is 259 g/mol. The molecular formula is C15H30ClN. The van der Waals surface area contributed by atoms with E-state index in [1.54, 1.807) is 0 Å². The molecule has 2 fully saturated rings. The molecular weight excluding hydrogens is 230 g/mol. The molecule has 17 heavy (non-hydrogen) atoms. The summed E-state index contributed by atoms with van der Waals surface area (Å²) in [5, 5.41) is 3.76. The molecule has 1 nitrogen and oxygen atoms in total. The molecule has 0 radical (unpaired) electrons. The van der Waals surface area contributed by atoms with Gasteiger partial charge in [-0.25, -0.2) is 0 Å². The Kier molecular flexibility index (Phi) is 4.26. The summed E-state index contributed by atoms with van der Waals surface area (Å²) in [6.45, 7) is 13.7. The molecule has 0 spiro atoms. The molecule has 102 valence electrons. The van der Waals surface area contributed by atoms with Crippen molar-refractivity contribution in [2.45, 2.75) is 72.8 Å². The molecule has 2 atom stereocenters. The Morgan fingerprint density at radius 1 is 0.941 bits per heavy atom. The third-order valence-corrected chi connectivity index (χ3v) is 6.45. The van der Waals surface area contributed by atoms with E-state index >= 15 is 0 Å². The van der Waals surface area contributed by atoms with Crippen LogP contribution in [-0.2, 0) is 0 Å². The lowest BCUT2D eigenvalue weighted by molar-refractivity contribution is -0.0939. The van der Waals surface area contributed by atoms with Gasteiger partial charge in [-0.1, -0.05) is 41.0 Å². The van der Waals surface area contributed by atoms with Crippen molar-refractivity contribution < 1.29 is 0 Å². The van der Waals surface area contributed by atoms with Gasteiger partial charge in [0.1, 0.15) is 0 Å². The predicted octanol–water partition coefficient (Wildman–Crippen LogP) is 4.40. The average Bonchev–Trinajstić information content (AvgIpc) is 2.67. The molecule has 1 saturated heterocycles. The van der Waals surface area contributed by atoms with Crippen LogP contribution in [0.1, 0.15) is 66.7 Å². The summed E-state index contributed by atoms with van der Waals surface area (Å²) in [5.74, 6) is 0. The summed E-state index contributed by atoms with van der Waals surface area (Å²) >= 11 is 0. The molecule has 2 aliphatic rings. The van der Waals surface area contributed by atoms with Crippen molar-refractivity contribution in [3.05, 3.63) is 0 Å². The Bertz CT molecular complexity index is 266. The molecule has 1 saturated carbocycles. The first kappa shape index (κ1) is 15.3. The Hall–Kier alpha value is 0.250. The first-order valence-corrected chi connectivity index (χ1v) is 7.05. The van der Waals surface area contributed by atoms with Crippen LogP contribution in [0.25, 0.3) is 0 Å². The molecule has 0 aromatic heterocycles. The lowest BCUT2D eigenvalue weighted by atomic mass is 9.46. The standard InChI is InChI=1S/C15H29N.ClH/c1-13(2)9-7-10-15(5,14(13,3)4)12-8-6-11-16-12;/h12,16H,6-11H2,1-5H3;1H. The zero-order chi connectivity index (χ0) is 12.0. The fraction of sp³-hybridized carbons (Fsp3) is 1.00. The second kappa shape index (κ2) is 4.74. The molecule has 0 bridgehead atoms. The third-order valence-electron chi connectivity index (χ3n) is 6.45. The summed E-state index contributed by atoms with van der Waals surface area (Å²) in [6.07, 6.45) is 6.96. The van der Waals surface area contributed by atoms with Gasteiger partial charge in [-0.3, -0.25) is 0 Å². The van der Waals surface area contributed by atoms with E-state index < -0.39 is 0 Å². The van der Waals surface area contributed by atoms with Crippen LogP contribution in [0, 0.1) is 16.2 Å². The number of hydrogen-bond donors (Lipinski definition) is 1. The van der Waals surface area contributed by atoms with Crippen LogP contribution in [0.2, 0.25) is 0 Å². The van der Waals surface area contributed by atoms with Crippen molar-refractivity contribution in [1.29, 1.82) is 0 Å². The van der Waals surface area contributed by atoms with Gasteiger partial charge in [-0.15, -0.1) is 12.4 Å². The molecule has 2 heteroatoms. The Morgan fingerprint density at radius 3 is 2.12 bits per heavy atom. The maximum absolute atomic E-state index is 3.76. The quantitative estimate of drug-likeness (QED) is 0.736. The fourth-order valence-electron chi connectivity index (χ4n) is 4.13. The number of hydrogen-bond acceptors (Lipinski definition) is 1. The smallest absolute Gasteiger partial charge is 0.0127 e. The second-order valence-electron chi connectivity index (χ2n) is 7.43. The topological polar surface area (TPSA) is 12.0 Å². The summed E-state index contributed by atoms with van der Waals surface area (Å²) in [7, 11) is 0. The number of halogens is 1. The van der Waals surface area contributed by atoms with E-state index in [9.17, 15) is 0 Å². The van der Waals surface area contributed by atoms with Gasteiger partial charge in [0.15, 0.2) is 0 Å². The molecule has 2 unspecified atom stereocenters. The number of rotatable bonds is 1. The van der Waals surface area contributed by atoms with Gasteiger partial charge in [0.05, 0.1) is 0 Å². The zero-order valence-corrected chi connectivity index (χ0v) is 13.0. The van der Waals surface area contributed by atoms with Crippen molar-refractivity contribution in [3.63, 3.8) is 0 Å². The zero-order valence-electron chi connectivity index (χ0n) is 12.2. The molecule has 0 aromatic carbocycles. The first-order valence-electron chi connectivity index (χ1n) is 7.05. The lowest BCUT2D eigenvalue weighted by Crippen LogP contribution is -2.57. The molecule has 1 aliphatic carbocycles. The average molecular weight is 260 g/mol. The second-order valence-corrected chi connectivity index (χ2v) is 7.43. The van der Waals surface area contributed by atoms with Gasteiger partial charge in [-0.05, 0) is 48.5 Å². The molecule has 0 amide bonds. The highest BCUT2D eigenvalue weighted by atomic mass is 35.5. The first-order chi connectivity index (χ1) is 7.31. The van der Waals surface area contributed by atoms with Gasteiger partial charge >= 0.3 is 0 Å². The van der Waals surface area contributed by atoms with Gasteiger partial charge in [0.2, 0.25) is 0 Å². The molecule has 1 aliphatic heterocycles. The Morgan fingerprint density at radius 2 is 1.59 bits per heavy atom. The minimum Gasteiger partial charge on any atom is -0.313 e. The van der Waals surface area contributed by atoms with Crippen LogP contribution in [0.5, 0.6) is 0 Å². The van der Waals surface area contributed by atoms with Crippen molar-refractivity contribution in [1.82, 2.24) is 5.32 Å². The van der Waals surface area contributed by atoms with Crippen LogP contribution >= 0.6 is 12.4 Å². The van der Waals surface area contributed by atoms with Crippen LogP contribution < -0.4 is 5.32 Å². The van der Waals surface area contributed by atoms with E-state index in [0.29, 0.717) is 16.2 Å². The van der Waals surface area contributed by atoms with Crippen molar-refractivity contribution in [3.8, 4) is 0 Å². The van der Waals surface area contributed by atoms with Crippen LogP contribution in [-0.4, -0.2) is 12.6 Å². The summed E-state index contributed by atoms with van der Waals surface area (Å²) in [5.41, 5.74) is 1.38. The van der Waals surface area contributed by atoms with Crippen molar-refractivity contribution in [2.24, 2.45) is 16.2 Å². The molecule has 2 rings (SSSR count). The highest BCUT2D eigenvalue weighted by Crippen LogP contribution is 2.61. The van der Waals surface area contributed by atoms with E-state index in [1.807, 2.05) is 0 Å². The summed E-state index contributed by atoms with van der Waals surface area (Å²) in [4.78, 5) is 0. The van der Waals surface area contributed by atoms with Crippen molar-refractivity contribution >= 4 is 12.4 Å². The fourth-order valence-corrected chi connectivity index (χ4v) is 4.13. The highest BCUT2D eigenvalue weighted by molar-refractivity contribution is 5.85. The van der Waals surface area contributed by atoms with Crippen LogP contribution in [0.3, 0.4) is 0 Å². The van der Waals surface area contributed by atoms with Gasteiger partial charge in [0, 0.05) is 6.04 Å². The Labute approximate surface area is 114 Å². The maximum Gasteiger partial charge on any atom is 0.0127 e. The normalized spacial score (nSPS) is 39.7. The number of nitrogens with one attached hydrogen (secondary N) is 1. The molecule has 0 aromatic rings. The largest absolute Gasteiger partial charge is 0.313 e. The van der Waals surface area contributed by atoms with Gasteiger partial charge in [0.25, 0.3) is 0 Å². The van der Waals surface area contributed by atoms with Crippen LogP contribution in [0.15, 0.2) is 0 Å². The van der Waals surface area contributed by atoms with Gasteiger partial charge in [-0.2, -0.15) is 0 Å². The molecule has 1 N–H and O–H groups in total. The van der Waals surface area contributed by atoms with Crippen molar-refractivity contribution in [2.75, 3.05) is 6.54 Å². The summed E-state index contributed by atoms with van der Waals surface area (Å²) in [6, 6.07) is 0.752. The van der Waals surface area contributed by atoms with E-state index in [0.717, 1.165) is 6.04 Å². The van der Waals surface area contributed by atoms with Gasteiger partial charge < -0.3 is 5.32 Å². The van der Waals surface area contributed by atoms with E-state index in [1.165, 1.54) is 38.6 Å². The van der Waals surface area contributed by atoms with E-state index in [2.05, 4.69) is 39.9 Å². The van der Waals surface area contributed by atoms with Crippen LogP contribution in [0.4, 0.5) is 0 Å². The third kappa shape index (κ3) is 2.14. The predicted molar refractivity (Wildman–Crippen MR) is 77.8 cm³/mol. The maximum atomic E-state index is 3.76. The van der Waals surface area contributed by atoms with E-state index in [-0.39, 0.29) is 12.4 Å². The SMILES string of the molecule is CC1(C)CCCC(C)(C2CCCN2)C1(C)C.Cl. The molecule has 1 heterocycles. The highest BCUT2D eigenvalue weighted by Gasteiger charge is 2.56.